The van der Waals surface area contributed by atoms with E-state index in [0.29, 0.717) is 5.69 Å². The summed E-state index contributed by atoms with van der Waals surface area (Å²) in [4.78, 5) is 17.5. The third-order valence-corrected chi connectivity index (χ3v) is 1.97. The first kappa shape index (κ1) is 12.4. The van der Waals surface area contributed by atoms with Crippen molar-refractivity contribution in [1.29, 1.82) is 0 Å². The van der Waals surface area contributed by atoms with Crippen molar-refractivity contribution in [2.75, 3.05) is 0 Å². The van der Waals surface area contributed by atoms with Crippen LogP contribution in [0.4, 0.5) is 5.88 Å². The van der Waals surface area contributed by atoms with Crippen LogP contribution >= 0.6 is 0 Å². The van der Waals surface area contributed by atoms with Crippen LogP contribution in [0.2, 0.25) is 0 Å². The van der Waals surface area contributed by atoms with E-state index in [1.807, 2.05) is 0 Å². The summed E-state index contributed by atoms with van der Waals surface area (Å²) in [6, 6.07) is 2.62. The minimum Gasteiger partial charge on any atom is -0.400 e. The van der Waals surface area contributed by atoms with E-state index in [0.717, 1.165) is 0 Å². The molecule has 0 unspecified atom stereocenters. The number of nitro groups is 1. The largest absolute Gasteiger partial charge is 0.433 e. The molecule has 2 rings (SSSR count). The van der Waals surface area contributed by atoms with Crippen molar-refractivity contribution in [3.05, 3.63) is 52.3 Å². The summed E-state index contributed by atoms with van der Waals surface area (Å²) in [6.07, 6.45) is 5.61. The fourth-order valence-corrected chi connectivity index (χ4v) is 1.14. The Balaban J connectivity index is 2.08. The Morgan fingerprint density at radius 1 is 1.47 bits per heavy atom. The minimum absolute atomic E-state index is 0.0744. The van der Waals surface area contributed by atoms with Crippen LogP contribution in [0.25, 0.3) is 0 Å². The monoisotopic (exact) mass is 260 g/mol. The molecule has 19 heavy (non-hydrogen) atoms. The molecule has 2 N–H and O–H groups in total. The third kappa shape index (κ3) is 3.19. The number of nitrogens with two attached hydrogens (primary N) is 1. The van der Waals surface area contributed by atoms with E-state index in [9.17, 15) is 10.1 Å². The maximum absolute atomic E-state index is 10.4. The van der Waals surface area contributed by atoms with Gasteiger partial charge in [-0.05, 0) is 6.07 Å². The van der Waals surface area contributed by atoms with Gasteiger partial charge in [-0.3, -0.25) is 15.1 Å². The summed E-state index contributed by atoms with van der Waals surface area (Å²) in [7, 11) is 0. The van der Waals surface area contributed by atoms with E-state index >= 15 is 0 Å². The van der Waals surface area contributed by atoms with Gasteiger partial charge in [0, 0.05) is 12.4 Å². The maximum Gasteiger partial charge on any atom is 0.433 e. The average Bonchev–Trinajstić information content (AvgIpc) is 2.89. The van der Waals surface area contributed by atoms with Gasteiger partial charge in [0.1, 0.15) is 10.6 Å². The van der Waals surface area contributed by atoms with Crippen LogP contribution in [0.5, 0.6) is 0 Å². The second kappa shape index (κ2) is 5.49. The summed E-state index contributed by atoms with van der Waals surface area (Å²) in [5.41, 5.74) is 5.99. The van der Waals surface area contributed by atoms with Crippen LogP contribution in [0.3, 0.4) is 0 Å². The van der Waals surface area contributed by atoms with Crippen molar-refractivity contribution in [1.82, 2.24) is 9.97 Å². The molecule has 0 saturated heterocycles. The molecule has 0 fully saturated rings. The first-order valence-corrected chi connectivity index (χ1v) is 5.04. The standard InChI is InChI=1S/C10H8N6O3/c11-10(8-6-12-3-4-13-8)15-14-5-7-1-2-9(19-7)16(17)18/h1-6H,(H2,11,15)/b14-5-. The van der Waals surface area contributed by atoms with E-state index in [-0.39, 0.29) is 17.5 Å². The molecule has 9 heteroatoms. The smallest absolute Gasteiger partial charge is 0.400 e. The molecule has 0 aliphatic heterocycles. The lowest BCUT2D eigenvalue weighted by Gasteiger charge is -1.94. The SMILES string of the molecule is N/C(=N/N=C\c1ccc([N+](=O)[O-])o1)c1cnccn1. The van der Waals surface area contributed by atoms with Gasteiger partial charge in [0.2, 0.25) is 0 Å². The van der Waals surface area contributed by atoms with E-state index in [1.165, 1.54) is 36.9 Å². The van der Waals surface area contributed by atoms with Gasteiger partial charge in [-0.2, -0.15) is 5.10 Å². The molecule has 0 spiro atoms. The first-order chi connectivity index (χ1) is 9.16. The molecule has 2 heterocycles. The molecule has 0 aromatic carbocycles. The van der Waals surface area contributed by atoms with Crippen LogP contribution in [-0.2, 0) is 0 Å². The lowest BCUT2D eigenvalue weighted by Crippen LogP contribution is -2.14. The van der Waals surface area contributed by atoms with Crippen LogP contribution in [0.1, 0.15) is 11.5 Å². The summed E-state index contributed by atoms with van der Waals surface area (Å²) in [5.74, 6) is -0.0971. The molecule has 2 aromatic heterocycles. The Hall–Kier alpha value is -3.10. The van der Waals surface area contributed by atoms with E-state index in [2.05, 4.69) is 20.2 Å². The van der Waals surface area contributed by atoms with E-state index in [4.69, 9.17) is 10.2 Å². The molecule has 0 aliphatic rings. The van der Waals surface area contributed by atoms with Crippen molar-refractivity contribution in [2.45, 2.75) is 0 Å². The molecular weight excluding hydrogens is 252 g/mol. The number of rotatable bonds is 4. The zero-order valence-electron chi connectivity index (χ0n) is 9.50. The number of nitrogens with zero attached hydrogens (tertiary/aromatic N) is 5. The number of furan rings is 1. The Bertz CT molecular complexity index is 634. The number of hydrogen-bond acceptors (Lipinski definition) is 7. The van der Waals surface area contributed by atoms with Crippen LogP contribution in [0, 0.1) is 10.1 Å². The topological polar surface area (TPSA) is 133 Å². The molecule has 0 amide bonds. The van der Waals surface area contributed by atoms with Crippen LogP contribution < -0.4 is 5.73 Å². The molecule has 0 aliphatic carbocycles. The second-order valence-electron chi connectivity index (χ2n) is 3.25. The molecule has 2 aromatic rings. The quantitative estimate of drug-likeness (QED) is 0.372. The summed E-state index contributed by atoms with van der Waals surface area (Å²) in [5, 5.41) is 17.7. The fourth-order valence-electron chi connectivity index (χ4n) is 1.14. The van der Waals surface area contributed by atoms with Gasteiger partial charge in [-0.1, -0.05) is 0 Å². The lowest BCUT2D eigenvalue weighted by atomic mass is 10.4. The minimum atomic E-state index is -0.644. The van der Waals surface area contributed by atoms with E-state index in [1.54, 1.807) is 0 Å². The highest BCUT2D eigenvalue weighted by molar-refractivity contribution is 5.95. The van der Waals surface area contributed by atoms with Gasteiger partial charge in [0.05, 0.1) is 18.5 Å². The van der Waals surface area contributed by atoms with Gasteiger partial charge in [0.15, 0.2) is 11.6 Å². The second-order valence-corrected chi connectivity index (χ2v) is 3.25. The Labute approximate surface area is 106 Å². The fraction of sp³-hybridized carbons (Fsp3) is 0. The van der Waals surface area contributed by atoms with Gasteiger partial charge < -0.3 is 10.2 Å². The summed E-state index contributed by atoms with van der Waals surface area (Å²) in [6.45, 7) is 0. The van der Waals surface area contributed by atoms with Gasteiger partial charge in [0.25, 0.3) is 0 Å². The number of aromatic nitrogens is 2. The van der Waals surface area contributed by atoms with Crippen molar-refractivity contribution in [3.8, 4) is 0 Å². The highest BCUT2D eigenvalue weighted by Gasteiger charge is 2.10. The van der Waals surface area contributed by atoms with Gasteiger partial charge in [-0.15, -0.1) is 5.10 Å². The predicted octanol–water partition coefficient (Wildman–Crippen LogP) is 0.717. The van der Waals surface area contributed by atoms with Crippen molar-refractivity contribution < 1.29 is 9.34 Å². The molecule has 0 radical (unpaired) electrons. The predicted molar refractivity (Wildman–Crippen MR) is 65.7 cm³/mol. The van der Waals surface area contributed by atoms with Crippen LogP contribution in [0.15, 0.2) is 45.3 Å². The van der Waals surface area contributed by atoms with Crippen molar-refractivity contribution >= 4 is 17.9 Å². The molecule has 96 valence electrons. The van der Waals surface area contributed by atoms with Gasteiger partial charge >= 0.3 is 5.88 Å². The Kier molecular flexibility index (Phi) is 3.57. The van der Waals surface area contributed by atoms with Crippen molar-refractivity contribution in [3.63, 3.8) is 0 Å². The highest BCUT2D eigenvalue weighted by Crippen LogP contribution is 2.13. The Morgan fingerprint density at radius 3 is 2.95 bits per heavy atom. The average molecular weight is 260 g/mol. The summed E-state index contributed by atoms with van der Waals surface area (Å²) >= 11 is 0. The number of amidine groups is 1. The van der Waals surface area contributed by atoms with E-state index < -0.39 is 4.92 Å². The zero-order valence-corrected chi connectivity index (χ0v) is 9.50. The lowest BCUT2D eigenvalue weighted by molar-refractivity contribution is -0.402. The first-order valence-electron chi connectivity index (χ1n) is 5.04. The maximum atomic E-state index is 10.4. The molecule has 9 nitrogen and oxygen atoms in total. The molecule has 0 bridgehead atoms. The number of hydrogen-bond donors (Lipinski definition) is 1. The highest BCUT2D eigenvalue weighted by atomic mass is 16.6. The normalized spacial score (nSPS) is 11.9. The third-order valence-electron chi connectivity index (χ3n) is 1.97. The summed E-state index contributed by atoms with van der Waals surface area (Å²) < 4.78 is 4.85. The van der Waals surface area contributed by atoms with Crippen molar-refractivity contribution in [2.24, 2.45) is 15.9 Å². The van der Waals surface area contributed by atoms with Gasteiger partial charge in [-0.25, -0.2) is 4.98 Å². The Morgan fingerprint density at radius 2 is 2.32 bits per heavy atom. The molecule has 0 atom stereocenters. The van der Waals surface area contributed by atoms with Crippen LogP contribution in [-0.4, -0.2) is 26.9 Å². The molecular formula is C10H8N6O3. The zero-order chi connectivity index (χ0) is 13.7. The molecule has 0 saturated carbocycles.